The summed E-state index contributed by atoms with van der Waals surface area (Å²) in [4.78, 5) is 0. The molecule has 0 saturated carbocycles. The largest absolute Gasteiger partial charge is 0.330 e. The summed E-state index contributed by atoms with van der Waals surface area (Å²) in [5.74, 6) is 0. The predicted molar refractivity (Wildman–Crippen MR) is 67.9 cm³/mol. The molecule has 0 aliphatic rings. The third kappa shape index (κ3) is 11.8. The third-order valence-electron chi connectivity index (χ3n) is 2.68. The molecule has 0 radical (unpaired) electrons. The second-order valence-electron chi connectivity index (χ2n) is 4.29. The Morgan fingerprint density at radius 1 is 1.00 bits per heavy atom. The highest BCUT2D eigenvalue weighted by Gasteiger charge is 2.01. The molecular weight excluding hydrogens is 186 g/mol. The smallest absolute Gasteiger partial charge is 0.00509 e. The van der Waals surface area contributed by atoms with Crippen LogP contribution in [0.2, 0.25) is 0 Å². The minimum atomic E-state index is 0.382. The van der Waals surface area contributed by atoms with Crippen molar-refractivity contribution in [2.75, 3.05) is 19.6 Å². The summed E-state index contributed by atoms with van der Waals surface area (Å²) in [5.41, 5.74) is 11.4. The number of nitrogens with one attached hydrogen (secondary N) is 1. The molecule has 0 spiro atoms. The van der Waals surface area contributed by atoms with Crippen LogP contribution in [0.1, 0.15) is 51.9 Å². The maximum Gasteiger partial charge on any atom is 0.00509 e. The SMILES string of the molecule is CCCCCCC(N)CCNCCCN. The van der Waals surface area contributed by atoms with Crippen molar-refractivity contribution >= 4 is 0 Å². The molecule has 0 aromatic rings. The van der Waals surface area contributed by atoms with Gasteiger partial charge in [0.2, 0.25) is 0 Å². The van der Waals surface area contributed by atoms with E-state index in [9.17, 15) is 0 Å². The van der Waals surface area contributed by atoms with Gasteiger partial charge in [0.15, 0.2) is 0 Å². The Bertz CT molecular complexity index is 117. The first-order valence-electron chi connectivity index (χ1n) is 6.47. The first kappa shape index (κ1) is 14.9. The average Bonchev–Trinajstić information content (AvgIpc) is 2.24. The van der Waals surface area contributed by atoms with Crippen molar-refractivity contribution in [1.29, 1.82) is 0 Å². The van der Waals surface area contributed by atoms with Crippen LogP contribution in [-0.4, -0.2) is 25.7 Å². The van der Waals surface area contributed by atoms with Gasteiger partial charge in [-0.25, -0.2) is 0 Å². The molecule has 3 nitrogen and oxygen atoms in total. The van der Waals surface area contributed by atoms with Gasteiger partial charge in [-0.3, -0.25) is 0 Å². The van der Waals surface area contributed by atoms with E-state index in [0.29, 0.717) is 6.04 Å². The first-order chi connectivity index (χ1) is 7.31. The zero-order chi connectivity index (χ0) is 11.4. The van der Waals surface area contributed by atoms with Crippen LogP contribution in [0.25, 0.3) is 0 Å². The topological polar surface area (TPSA) is 64.1 Å². The van der Waals surface area contributed by atoms with Crippen LogP contribution in [0, 0.1) is 0 Å². The van der Waals surface area contributed by atoms with Crippen LogP contribution in [0.15, 0.2) is 0 Å². The molecule has 15 heavy (non-hydrogen) atoms. The summed E-state index contributed by atoms with van der Waals surface area (Å²) in [6.45, 7) is 5.07. The third-order valence-corrected chi connectivity index (χ3v) is 2.68. The standard InChI is InChI=1S/C12H29N3/c1-2-3-4-5-7-12(14)8-11-15-10-6-9-13/h12,15H,2-11,13-14H2,1H3. The maximum atomic E-state index is 6.01. The summed E-state index contributed by atoms with van der Waals surface area (Å²) in [5, 5.41) is 3.36. The van der Waals surface area contributed by atoms with E-state index < -0.39 is 0 Å². The molecule has 0 amide bonds. The molecule has 0 fully saturated rings. The highest BCUT2D eigenvalue weighted by atomic mass is 14.9. The van der Waals surface area contributed by atoms with Gasteiger partial charge in [-0.05, 0) is 38.9 Å². The van der Waals surface area contributed by atoms with E-state index in [-0.39, 0.29) is 0 Å². The van der Waals surface area contributed by atoms with Crippen molar-refractivity contribution in [2.24, 2.45) is 11.5 Å². The Balaban J connectivity index is 3.08. The highest BCUT2D eigenvalue weighted by Crippen LogP contribution is 2.05. The molecule has 1 atom stereocenters. The van der Waals surface area contributed by atoms with E-state index >= 15 is 0 Å². The van der Waals surface area contributed by atoms with Crippen molar-refractivity contribution in [1.82, 2.24) is 5.32 Å². The molecule has 0 aromatic heterocycles. The lowest BCUT2D eigenvalue weighted by atomic mass is 10.1. The van der Waals surface area contributed by atoms with Gasteiger partial charge in [-0.2, -0.15) is 0 Å². The molecule has 0 rings (SSSR count). The van der Waals surface area contributed by atoms with Gasteiger partial charge in [-0.1, -0.05) is 32.6 Å². The first-order valence-corrected chi connectivity index (χ1v) is 6.47. The van der Waals surface area contributed by atoms with E-state index in [0.717, 1.165) is 32.5 Å². The van der Waals surface area contributed by atoms with E-state index in [2.05, 4.69) is 12.2 Å². The molecule has 1 unspecified atom stereocenters. The van der Waals surface area contributed by atoms with Gasteiger partial charge in [0.25, 0.3) is 0 Å². The Kier molecular flexibility index (Phi) is 11.9. The molecule has 0 heterocycles. The lowest BCUT2D eigenvalue weighted by Gasteiger charge is -2.11. The molecule has 92 valence electrons. The van der Waals surface area contributed by atoms with Gasteiger partial charge in [0, 0.05) is 6.04 Å². The molecule has 3 heteroatoms. The van der Waals surface area contributed by atoms with E-state index in [1.165, 1.54) is 32.1 Å². The molecule has 5 N–H and O–H groups in total. The minimum Gasteiger partial charge on any atom is -0.330 e. The van der Waals surface area contributed by atoms with Gasteiger partial charge < -0.3 is 16.8 Å². The van der Waals surface area contributed by atoms with Crippen LogP contribution >= 0.6 is 0 Å². The van der Waals surface area contributed by atoms with Crippen LogP contribution in [-0.2, 0) is 0 Å². The Hall–Kier alpha value is -0.120. The summed E-state index contributed by atoms with van der Waals surface area (Å²) in [7, 11) is 0. The van der Waals surface area contributed by atoms with Crippen LogP contribution in [0.3, 0.4) is 0 Å². The highest BCUT2D eigenvalue weighted by molar-refractivity contribution is 4.63. The second-order valence-corrected chi connectivity index (χ2v) is 4.29. The molecule has 0 aliphatic carbocycles. The summed E-state index contributed by atoms with van der Waals surface area (Å²) in [6, 6.07) is 0.382. The van der Waals surface area contributed by atoms with E-state index in [1.807, 2.05) is 0 Å². The Labute approximate surface area is 95.0 Å². The van der Waals surface area contributed by atoms with E-state index in [4.69, 9.17) is 11.5 Å². The summed E-state index contributed by atoms with van der Waals surface area (Å²) >= 11 is 0. The fourth-order valence-corrected chi connectivity index (χ4v) is 1.62. The van der Waals surface area contributed by atoms with Crippen LogP contribution < -0.4 is 16.8 Å². The van der Waals surface area contributed by atoms with E-state index in [1.54, 1.807) is 0 Å². The number of nitrogens with two attached hydrogens (primary N) is 2. The summed E-state index contributed by atoms with van der Waals surface area (Å²) in [6.07, 6.45) is 8.61. The normalized spacial score (nSPS) is 13.0. The number of rotatable bonds is 11. The fourth-order valence-electron chi connectivity index (χ4n) is 1.62. The zero-order valence-electron chi connectivity index (χ0n) is 10.3. The van der Waals surface area contributed by atoms with Crippen molar-refractivity contribution < 1.29 is 0 Å². The minimum absolute atomic E-state index is 0.382. The van der Waals surface area contributed by atoms with Crippen molar-refractivity contribution in [3.8, 4) is 0 Å². The molecule has 0 bridgehead atoms. The quantitative estimate of drug-likeness (QED) is 0.459. The molecule has 0 aromatic carbocycles. The van der Waals surface area contributed by atoms with Crippen LogP contribution in [0.4, 0.5) is 0 Å². The Morgan fingerprint density at radius 2 is 1.80 bits per heavy atom. The second kappa shape index (κ2) is 12.0. The van der Waals surface area contributed by atoms with Crippen LogP contribution in [0.5, 0.6) is 0 Å². The number of unbranched alkanes of at least 4 members (excludes halogenated alkanes) is 3. The van der Waals surface area contributed by atoms with Gasteiger partial charge in [0.1, 0.15) is 0 Å². The van der Waals surface area contributed by atoms with Crippen molar-refractivity contribution in [3.63, 3.8) is 0 Å². The average molecular weight is 215 g/mol. The van der Waals surface area contributed by atoms with Gasteiger partial charge in [0.05, 0.1) is 0 Å². The van der Waals surface area contributed by atoms with Crippen molar-refractivity contribution in [3.05, 3.63) is 0 Å². The van der Waals surface area contributed by atoms with Crippen molar-refractivity contribution in [2.45, 2.75) is 57.9 Å². The molecule has 0 saturated heterocycles. The lowest BCUT2D eigenvalue weighted by Crippen LogP contribution is -2.27. The number of hydrogen-bond donors (Lipinski definition) is 3. The summed E-state index contributed by atoms with van der Waals surface area (Å²) < 4.78 is 0. The Morgan fingerprint density at radius 3 is 2.47 bits per heavy atom. The van der Waals surface area contributed by atoms with Gasteiger partial charge in [-0.15, -0.1) is 0 Å². The zero-order valence-corrected chi connectivity index (χ0v) is 10.3. The fraction of sp³-hybridized carbons (Fsp3) is 1.00. The molecular formula is C12H29N3. The van der Waals surface area contributed by atoms with Gasteiger partial charge >= 0.3 is 0 Å². The predicted octanol–water partition coefficient (Wildman–Crippen LogP) is 1.61. The molecule has 0 aliphatic heterocycles. The number of hydrogen-bond acceptors (Lipinski definition) is 3. The lowest BCUT2D eigenvalue weighted by molar-refractivity contribution is 0.500. The maximum absolute atomic E-state index is 6.01. The monoisotopic (exact) mass is 215 g/mol.